The molecule has 218 valence electrons. The van der Waals surface area contributed by atoms with Crippen molar-refractivity contribution < 1.29 is 0 Å². The topological polar surface area (TPSA) is 30.7 Å². The van der Waals surface area contributed by atoms with Crippen molar-refractivity contribution in [3.63, 3.8) is 0 Å². The largest absolute Gasteiger partial charge is 0.294 e. The van der Waals surface area contributed by atoms with Gasteiger partial charge in [0.2, 0.25) is 0 Å². The third-order valence-corrected chi connectivity index (χ3v) is 9.63. The zero-order chi connectivity index (χ0) is 30.8. The van der Waals surface area contributed by atoms with Crippen LogP contribution in [0.25, 0.3) is 72.5 Å². The summed E-state index contributed by atoms with van der Waals surface area (Å²) in [6, 6.07) is 54.0. The molecule has 46 heavy (non-hydrogen) atoms. The second-order valence-corrected chi connectivity index (χ2v) is 12.7. The van der Waals surface area contributed by atoms with E-state index in [2.05, 4.69) is 146 Å². The maximum Gasteiger partial charge on any atom is 0.162 e. The average Bonchev–Trinajstić information content (AvgIpc) is 3.57. The molecule has 8 aromatic rings. The van der Waals surface area contributed by atoms with Gasteiger partial charge in [0, 0.05) is 33.4 Å². The van der Waals surface area contributed by atoms with E-state index in [4.69, 9.17) is 9.97 Å². The van der Waals surface area contributed by atoms with Crippen molar-refractivity contribution in [3.8, 4) is 50.7 Å². The number of benzene rings is 6. The summed E-state index contributed by atoms with van der Waals surface area (Å²) in [6.45, 7) is 4.68. The average molecular weight is 590 g/mol. The second kappa shape index (κ2) is 10.1. The molecule has 6 aromatic carbocycles. The molecule has 1 aliphatic carbocycles. The molecule has 0 unspecified atom stereocenters. The normalized spacial score (nSPS) is 13.2. The first-order valence-electron chi connectivity index (χ1n) is 15.8. The van der Waals surface area contributed by atoms with E-state index in [-0.39, 0.29) is 5.41 Å². The Morgan fingerprint density at radius 2 is 1.09 bits per heavy atom. The summed E-state index contributed by atoms with van der Waals surface area (Å²) in [5.74, 6) is 1.56. The Morgan fingerprint density at radius 1 is 0.457 bits per heavy atom. The van der Waals surface area contributed by atoms with Crippen LogP contribution in [-0.2, 0) is 5.41 Å². The third-order valence-electron chi connectivity index (χ3n) is 9.63. The Balaban J connectivity index is 1.24. The van der Waals surface area contributed by atoms with Gasteiger partial charge in [-0.3, -0.25) is 4.57 Å². The van der Waals surface area contributed by atoms with Gasteiger partial charge in [0.1, 0.15) is 5.82 Å². The monoisotopic (exact) mass is 589 g/mol. The Kier molecular flexibility index (Phi) is 5.85. The Hall–Kier alpha value is -5.80. The number of nitrogens with zero attached hydrogens (tertiary/aromatic N) is 3. The van der Waals surface area contributed by atoms with Gasteiger partial charge in [-0.2, -0.15) is 0 Å². The highest BCUT2D eigenvalue weighted by atomic mass is 15.1. The van der Waals surface area contributed by atoms with E-state index in [1.165, 1.54) is 44.2 Å². The molecular weight excluding hydrogens is 558 g/mol. The molecule has 2 heterocycles. The number of rotatable bonds is 4. The zero-order valence-corrected chi connectivity index (χ0v) is 25.8. The van der Waals surface area contributed by atoms with Crippen molar-refractivity contribution in [2.45, 2.75) is 19.3 Å². The Labute approximate surface area is 268 Å². The summed E-state index contributed by atoms with van der Waals surface area (Å²) in [5, 5.41) is 2.41. The molecule has 0 amide bonds. The fourth-order valence-corrected chi connectivity index (χ4v) is 7.31. The van der Waals surface area contributed by atoms with Crippen LogP contribution in [0.1, 0.15) is 25.0 Å². The fourth-order valence-electron chi connectivity index (χ4n) is 7.31. The predicted octanol–water partition coefficient (Wildman–Crippen LogP) is 10.9. The number of fused-ring (bicyclic) bond motifs is 6. The maximum atomic E-state index is 5.18. The summed E-state index contributed by atoms with van der Waals surface area (Å²) in [4.78, 5) is 10.2. The Bertz CT molecular complexity index is 2380. The van der Waals surface area contributed by atoms with Gasteiger partial charge in [0.15, 0.2) is 5.82 Å². The number of aromatic nitrogens is 3. The predicted molar refractivity (Wildman–Crippen MR) is 190 cm³/mol. The van der Waals surface area contributed by atoms with Crippen LogP contribution in [0.4, 0.5) is 0 Å². The molecule has 2 aromatic heterocycles. The van der Waals surface area contributed by atoms with Crippen molar-refractivity contribution in [2.24, 2.45) is 0 Å². The highest BCUT2D eigenvalue weighted by molar-refractivity contribution is 6.10. The van der Waals surface area contributed by atoms with E-state index < -0.39 is 0 Å². The van der Waals surface area contributed by atoms with E-state index >= 15 is 0 Å². The Morgan fingerprint density at radius 3 is 1.91 bits per heavy atom. The fraction of sp³-hybridized carbons (Fsp3) is 0.0698. The van der Waals surface area contributed by atoms with Crippen molar-refractivity contribution in [2.75, 3.05) is 0 Å². The van der Waals surface area contributed by atoms with Gasteiger partial charge in [-0.15, -0.1) is 0 Å². The minimum Gasteiger partial charge on any atom is -0.294 e. The van der Waals surface area contributed by atoms with E-state index in [1.54, 1.807) is 0 Å². The molecule has 0 aliphatic heterocycles. The lowest BCUT2D eigenvalue weighted by Gasteiger charge is -2.22. The summed E-state index contributed by atoms with van der Waals surface area (Å²) in [6.07, 6.45) is 0. The quantitative estimate of drug-likeness (QED) is 0.204. The van der Waals surface area contributed by atoms with Gasteiger partial charge in [0.25, 0.3) is 0 Å². The number of hydrogen-bond acceptors (Lipinski definition) is 2. The van der Waals surface area contributed by atoms with E-state index in [9.17, 15) is 0 Å². The minimum atomic E-state index is -0.0397. The first-order chi connectivity index (χ1) is 22.6. The molecule has 0 N–H and O–H groups in total. The van der Waals surface area contributed by atoms with Crippen LogP contribution in [0, 0.1) is 0 Å². The van der Waals surface area contributed by atoms with Crippen LogP contribution in [0.15, 0.2) is 152 Å². The van der Waals surface area contributed by atoms with Gasteiger partial charge in [-0.05, 0) is 57.6 Å². The maximum absolute atomic E-state index is 5.18. The standard InChI is InChI=1S/C43H31N3/c1-43(2)36-19-11-9-17-32(36)33-23-21-31(26-37(33)43)30-22-24-40-35(25-30)34-18-10-12-20-39(34)46(40)41-27-38(28-13-5-3-6-14-28)44-42(45-41)29-15-7-4-8-16-29/h3-27H,1-2H3. The lowest BCUT2D eigenvalue weighted by Crippen LogP contribution is -2.14. The van der Waals surface area contributed by atoms with Gasteiger partial charge >= 0.3 is 0 Å². The SMILES string of the molecule is CC1(C)c2ccccc2-c2ccc(-c3ccc4c(c3)c3ccccc3n4-c3cc(-c4ccccc4)nc(-c4ccccc4)n3)cc21. The van der Waals surface area contributed by atoms with Gasteiger partial charge in [-0.25, -0.2) is 9.97 Å². The van der Waals surface area contributed by atoms with Crippen LogP contribution in [0.2, 0.25) is 0 Å². The molecule has 0 radical (unpaired) electrons. The molecular formula is C43H31N3. The minimum absolute atomic E-state index is 0.0397. The lowest BCUT2D eigenvalue weighted by molar-refractivity contribution is 0.660. The van der Waals surface area contributed by atoms with Crippen LogP contribution in [0.3, 0.4) is 0 Å². The summed E-state index contributed by atoms with van der Waals surface area (Å²) < 4.78 is 2.29. The summed E-state index contributed by atoms with van der Waals surface area (Å²) in [5.41, 5.74) is 13.1. The van der Waals surface area contributed by atoms with Crippen LogP contribution in [-0.4, -0.2) is 14.5 Å². The molecule has 3 heteroatoms. The molecule has 3 nitrogen and oxygen atoms in total. The van der Waals surface area contributed by atoms with Gasteiger partial charge in [0.05, 0.1) is 16.7 Å². The molecule has 0 saturated carbocycles. The molecule has 0 fully saturated rings. The van der Waals surface area contributed by atoms with Gasteiger partial charge in [-0.1, -0.05) is 135 Å². The van der Waals surface area contributed by atoms with Crippen LogP contribution < -0.4 is 0 Å². The highest BCUT2D eigenvalue weighted by Crippen LogP contribution is 2.49. The van der Waals surface area contributed by atoms with E-state index in [0.717, 1.165) is 33.7 Å². The van der Waals surface area contributed by atoms with Crippen LogP contribution >= 0.6 is 0 Å². The zero-order valence-electron chi connectivity index (χ0n) is 25.8. The molecule has 0 spiro atoms. The molecule has 0 bridgehead atoms. The van der Waals surface area contributed by atoms with Gasteiger partial charge < -0.3 is 0 Å². The molecule has 0 saturated heterocycles. The van der Waals surface area contributed by atoms with Crippen LogP contribution in [0.5, 0.6) is 0 Å². The first-order valence-corrected chi connectivity index (χ1v) is 15.8. The highest BCUT2D eigenvalue weighted by Gasteiger charge is 2.35. The second-order valence-electron chi connectivity index (χ2n) is 12.7. The van der Waals surface area contributed by atoms with Crippen molar-refractivity contribution >= 4 is 21.8 Å². The summed E-state index contributed by atoms with van der Waals surface area (Å²) >= 11 is 0. The first kappa shape index (κ1) is 26.6. The van der Waals surface area contributed by atoms with Crippen molar-refractivity contribution in [1.82, 2.24) is 14.5 Å². The molecule has 1 aliphatic rings. The van der Waals surface area contributed by atoms with Crippen molar-refractivity contribution in [1.29, 1.82) is 0 Å². The van der Waals surface area contributed by atoms with E-state index in [1.807, 2.05) is 24.3 Å². The lowest BCUT2D eigenvalue weighted by atomic mass is 9.81. The number of para-hydroxylation sites is 1. The number of hydrogen-bond donors (Lipinski definition) is 0. The summed E-state index contributed by atoms with van der Waals surface area (Å²) in [7, 11) is 0. The smallest absolute Gasteiger partial charge is 0.162 e. The van der Waals surface area contributed by atoms with E-state index in [0.29, 0.717) is 5.82 Å². The van der Waals surface area contributed by atoms with Crippen molar-refractivity contribution in [3.05, 3.63) is 163 Å². The molecule has 9 rings (SSSR count). The molecule has 0 atom stereocenters. The third kappa shape index (κ3) is 4.05.